The maximum atomic E-state index is 13.0. The normalized spacial score (nSPS) is 24.4. The SMILES string of the molecule is Cn1ncc(C(=O)NC23CC(CNC(=O)OC(C)(C)C)(C2)C3)c1Cc1ccccc1. The van der Waals surface area contributed by atoms with Gasteiger partial charge in [-0.3, -0.25) is 9.48 Å². The van der Waals surface area contributed by atoms with Crippen molar-refractivity contribution < 1.29 is 14.3 Å². The Morgan fingerprint density at radius 3 is 2.47 bits per heavy atom. The third-order valence-corrected chi connectivity index (χ3v) is 6.05. The number of hydrogen-bond donors (Lipinski definition) is 2. The van der Waals surface area contributed by atoms with Crippen LogP contribution in [0.1, 0.15) is 61.6 Å². The lowest BCUT2D eigenvalue weighted by molar-refractivity contribution is -0.143. The molecule has 2 aromatic rings. The van der Waals surface area contributed by atoms with Gasteiger partial charge in [0.05, 0.1) is 17.5 Å². The van der Waals surface area contributed by atoms with E-state index in [1.807, 2.05) is 46.0 Å². The summed E-state index contributed by atoms with van der Waals surface area (Å²) in [6.45, 7) is 6.14. The van der Waals surface area contributed by atoms with Crippen LogP contribution >= 0.6 is 0 Å². The van der Waals surface area contributed by atoms with E-state index in [4.69, 9.17) is 4.74 Å². The second kappa shape index (κ2) is 7.15. The Balaban J connectivity index is 1.31. The molecule has 2 bridgehead atoms. The Labute approximate surface area is 177 Å². The summed E-state index contributed by atoms with van der Waals surface area (Å²) in [5.41, 5.74) is 2.13. The van der Waals surface area contributed by atoms with Crippen LogP contribution in [0, 0.1) is 5.41 Å². The quantitative estimate of drug-likeness (QED) is 0.766. The zero-order valence-electron chi connectivity index (χ0n) is 18.1. The second-order valence-corrected chi connectivity index (χ2v) is 9.91. The fourth-order valence-corrected chi connectivity index (χ4v) is 4.85. The van der Waals surface area contributed by atoms with E-state index in [1.54, 1.807) is 10.9 Å². The zero-order chi connectivity index (χ0) is 21.6. The van der Waals surface area contributed by atoms with Crippen molar-refractivity contribution >= 4 is 12.0 Å². The third-order valence-electron chi connectivity index (χ3n) is 6.05. The molecular formula is C23H30N4O3. The van der Waals surface area contributed by atoms with Crippen molar-refractivity contribution in [1.82, 2.24) is 20.4 Å². The Hall–Kier alpha value is -2.83. The highest BCUT2D eigenvalue weighted by atomic mass is 16.6. The molecule has 0 unspecified atom stereocenters. The highest BCUT2D eigenvalue weighted by Gasteiger charge is 2.68. The summed E-state index contributed by atoms with van der Waals surface area (Å²) in [6, 6.07) is 10.1. The summed E-state index contributed by atoms with van der Waals surface area (Å²) >= 11 is 0. The molecule has 7 nitrogen and oxygen atoms in total. The number of aromatic nitrogens is 2. The molecule has 2 N–H and O–H groups in total. The number of hydrogen-bond acceptors (Lipinski definition) is 4. The third kappa shape index (κ3) is 4.06. The molecule has 3 saturated carbocycles. The maximum absolute atomic E-state index is 13.0. The number of benzene rings is 1. The molecule has 0 spiro atoms. The minimum absolute atomic E-state index is 0.0672. The van der Waals surface area contributed by atoms with Gasteiger partial charge < -0.3 is 15.4 Å². The van der Waals surface area contributed by atoms with Gasteiger partial charge in [-0.05, 0) is 51.0 Å². The lowest BCUT2D eigenvalue weighted by atomic mass is 9.39. The van der Waals surface area contributed by atoms with E-state index in [0.717, 1.165) is 30.5 Å². The van der Waals surface area contributed by atoms with Crippen molar-refractivity contribution in [3.63, 3.8) is 0 Å². The van der Waals surface area contributed by atoms with Crippen molar-refractivity contribution in [2.24, 2.45) is 12.5 Å². The van der Waals surface area contributed by atoms with Gasteiger partial charge in [-0.2, -0.15) is 5.10 Å². The summed E-state index contributed by atoms with van der Waals surface area (Å²) in [5, 5.41) is 10.4. The van der Waals surface area contributed by atoms with Gasteiger partial charge in [0.15, 0.2) is 0 Å². The number of rotatable bonds is 6. The van der Waals surface area contributed by atoms with E-state index < -0.39 is 5.60 Å². The van der Waals surface area contributed by atoms with Crippen molar-refractivity contribution in [3.05, 3.63) is 53.3 Å². The predicted molar refractivity (Wildman–Crippen MR) is 113 cm³/mol. The standard InChI is InChI=1S/C23H30N4O3/c1-21(2,3)30-20(29)24-15-22-12-23(13-22,14-22)26-19(28)17-11-25-27(4)18(17)10-16-8-6-5-7-9-16/h5-9,11H,10,12-15H2,1-4H3,(H,24,29)(H,26,28). The second-order valence-electron chi connectivity index (χ2n) is 9.91. The van der Waals surface area contributed by atoms with Crippen molar-refractivity contribution in [2.45, 2.75) is 57.6 Å². The molecule has 1 aromatic carbocycles. The van der Waals surface area contributed by atoms with E-state index in [9.17, 15) is 9.59 Å². The first-order valence-corrected chi connectivity index (χ1v) is 10.4. The highest BCUT2D eigenvalue weighted by molar-refractivity contribution is 5.96. The smallest absolute Gasteiger partial charge is 0.407 e. The van der Waals surface area contributed by atoms with Crippen LogP contribution in [0.5, 0.6) is 0 Å². The average molecular weight is 411 g/mol. The summed E-state index contributed by atoms with van der Waals surface area (Å²) in [7, 11) is 1.87. The molecule has 0 radical (unpaired) electrons. The fourth-order valence-electron chi connectivity index (χ4n) is 4.85. The van der Waals surface area contributed by atoms with Crippen molar-refractivity contribution in [2.75, 3.05) is 6.54 Å². The van der Waals surface area contributed by atoms with Gasteiger partial charge >= 0.3 is 6.09 Å². The van der Waals surface area contributed by atoms with Gasteiger partial charge in [0.25, 0.3) is 5.91 Å². The molecule has 3 aliphatic rings. The van der Waals surface area contributed by atoms with E-state index in [1.165, 1.54) is 0 Å². The molecule has 0 atom stereocenters. The molecule has 1 heterocycles. The fraction of sp³-hybridized carbons (Fsp3) is 0.522. The average Bonchev–Trinajstić information content (AvgIpc) is 2.96. The Kier molecular flexibility index (Phi) is 4.87. The van der Waals surface area contributed by atoms with Crippen LogP contribution in [0.25, 0.3) is 0 Å². The minimum atomic E-state index is -0.500. The van der Waals surface area contributed by atoms with Gasteiger partial charge in [0.2, 0.25) is 0 Å². The number of carbonyl (C=O) groups excluding carboxylic acids is 2. The van der Waals surface area contributed by atoms with Crippen LogP contribution in [0.15, 0.2) is 36.5 Å². The van der Waals surface area contributed by atoms with Crippen LogP contribution < -0.4 is 10.6 Å². The number of nitrogens with one attached hydrogen (secondary N) is 2. The van der Waals surface area contributed by atoms with Crippen LogP contribution in [0.2, 0.25) is 0 Å². The lowest BCUT2D eigenvalue weighted by Crippen LogP contribution is -2.77. The van der Waals surface area contributed by atoms with Gasteiger partial charge in [0.1, 0.15) is 5.60 Å². The number of aryl methyl sites for hydroxylation is 1. The molecule has 2 amide bonds. The summed E-state index contributed by atoms with van der Waals surface area (Å²) in [5.74, 6) is -0.0672. The molecule has 160 valence electrons. The topological polar surface area (TPSA) is 85.3 Å². The molecule has 0 aliphatic heterocycles. The Morgan fingerprint density at radius 2 is 1.83 bits per heavy atom. The number of ether oxygens (including phenoxy) is 1. The maximum Gasteiger partial charge on any atom is 0.407 e. The lowest BCUT2D eigenvalue weighted by Gasteiger charge is -2.70. The van der Waals surface area contributed by atoms with E-state index in [2.05, 4.69) is 27.9 Å². The molecule has 0 saturated heterocycles. The summed E-state index contributed by atoms with van der Waals surface area (Å²) in [6.07, 6.45) is 4.59. The van der Waals surface area contributed by atoms with Crippen molar-refractivity contribution in [3.8, 4) is 0 Å². The Bertz CT molecular complexity index is 939. The molecule has 3 fully saturated rings. The molecular weight excluding hydrogens is 380 g/mol. The Morgan fingerprint density at radius 1 is 1.17 bits per heavy atom. The van der Waals surface area contributed by atoms with Crippen molar-refractivity contribution in [1.29, 1.82) is 0 Å². The first-order chi connectivity index (χ1) is 14.1. The molecule has 5 rings (SSSR count). The number of amides is 2. The van der Waals surface area contributed by atoms with E-state index in [0.29, 0.717) is 18.5 Å². The number of alkyl carbamates (subject to hydrolysis) is 1. The summed E-state index contributed by atoms with van der Waals surface area (Å²) < 4.78 is 7.08. The van der Waals surface area contributed by atoms with E-state index in [-0.39, 0.29) is 23.0 Å². The zero-order valence-corrected chi connectivity index (χ0v) is 18.1. The minimum Gasteiger partial charge on any atom is -0.444 e. The van der Waals surface area contributed by atoms with Crippen LogP contribution in [0.4, 0.5) is 4.79 Å². The van der Waals surface area contributed by atoms with Gasteiger partial charge in [-0.15, -0.1) is 0 Å². The number of nitrogens with zero attached hydrogens (tertiary/aromatic N) is 2. The number of carbonyl (C=O) groups is 2. The van der Waals surface area contributed by atoms with Crippen LogP contribution in [-0.4, -0.2) is 39.5 Å². The molecule has 30 heavy (non-hydrogen) atoms. The first kappa shape index (κ1) is 20.4. The predicted octanol–water partition coefficient (Wildman–Crippen LogP) is 3.19. The van der Waals surface area contributed by atoms with Crippen LogP contribution in [-0.2, 0) is 18.2 Å². The highest BCUT2D eigenvalue weighted by Crippen LogP contribution is 2.66. The summed E-state index contributed by atoms with van der Waals surface area (Å²) in [4.78, 5) is 24.9. The molecule has 3 aliphatic carbocycles. The van der Waals surface area contributed by atoms with Gasteiger partial charge in [0, 0.05) is 25.6 Å². The first-order valence-electron chi connectivity index (χ1n) is 10.4. The largest absolute Gasteiger partial charge is 0.444 e. The van der Waals surface area contributed by atoms with E-state index >= 15 is 0 Å². The van der Waals surface area contributed by atoms with Crippen LogP contribution in [0.3, 0.4) is 0 Å². The van der Waals surface area contributed by atoms with Gasteiger partial charge in [-0.1, -0.05) is 30.3 Å². The molecule has 1 aromatic heterocycles. The van der Waals surface area contributed by atoms with Gasteiger partial charge in [-0.25, -0.2) is 4.79 Å². The monoisotopic (exact) mass is 410 g/mol. The molecule has 7 heteroatoms.